The Balaban J connectivity index is 1.79. The van der Waals surface area contributed by atoms with E-state index in [1.807, 2.05) is 18.2 Å². The molecule has 0 spiro atoms. The normalized spacial score (nSPS) is 11.3. The predicted octanol–water partition coefficient (Wildman–Crippen LogP) is 4.20. The Hall–Kier alpha value is -4.24. The molecule has 1 aromatic heterocycles. The van der Waals surface area contributed by atoms with Crippen molar-refractivity contribution in [3.05, 3.63) is 88.7 Å². The number of thiazole rings is 1. The van der Waals surface area contributed by atoms with E-state index in [9.17, 15) is 14.4 Å². The van der Waals surface area contributed by atoms with Crippen LogP contribution in [0.4, 0.5) is 0 Å². The van der Waals surface area contributed by atoms with Crippen molar-refractivity contribution in [2.45, 2.75) is 6.54 Å². The number of aromatic nitrogens is 1. The van der Waals surface area contributed by atoms with Gasteiger partial charge in [-0.1, -0.05) is 41.7 Å². The van der Waals surface area contributed by atoms with E-state index >= 15 is 0 Å². The van der Waals surface area contributed by atoms with Gasteiger partial charge in [0, 0.05) is 0 Å². The molecule has 0 saturated carbocycles. The average Bonchev–Trinajstić information content (AvgIpc) is 3.20. The van der Waals surface area contributed by atoms with Gasteiger partial charge in [-0.25, -0.2) is 4.79 Å². The predicted molar refractivity (Wildman–Crippen MR) is 126 cm³/mol. The van der Waals surface area contributed by atoms with E-state index in [1.165, 1.54) is 25.6 Å². The van der Waals surface area contributed by atoms with Crippen molar-refractivity contribution in [2.24, 2.45) is 4.99 Å². The maximum atomic E-state index is 13.2. The highest BCUT2D eigenvalue weighted by atomic mass is 32.1. The number of para-hydroxylation sites is 2. The number of rotatable bonds is 6. The number of ether oxygens (including phenoxy) is 3. The Morgan fingerprint density at radius 2 is 1.65 bits per heavy atom. The third kappa shape index (κ3) is 4.89. The molecule has 0 aliphatic rings. The molecule has 1 amide bonds. The number of hydrogen-bond donors (Lipinski definition) is 0. The summed E-state index contributed by atoms with van der Waals surface area (Å²) in [7, 11) is 2.58. The van der Waals surface area contributed by atoms with Crippen molar-refractivity contribution in [3.8, 4) is 11.5 Å². The second-order valence-corrected chi connectivity index (χ2v) is 8.06. The van der Waals surface area contributed by atoms with Gasteiger partial charge in [0.15, 0.2) is 4.80 Å². The summed E-state index contributed by atoms with van der Waals surface area (Å²) in [5, 5.41) is 0. The van der Waals surface area contributed by atoms with E-state index in [4.69, 9.17) is 14.2 Å². The second-order valence-electron chi connectivity index (χ2n) is 7.05. The maximum absolute atomic E-state index is 13.2. The Morgan fingerprint density at radius 3 is 2.38 bits per heavy atom. The molecule has 0 fully saturated rings. The SMILES string of the molecule is COC(=O)Cn1c(=NC(=O)c2ccccc2Oc2ccccc2)sc2cc(C(=O)OC)ccc21. The van der Waals surface area contributed by atoms with Gasteiger partial charge in [-0.2, -0.15) is 4.99 Å². The Kier molecular flexibility index (Phi) is 6.84. The lowest BCUT2D eigenvalue weighted by Crippen LogP contribution is -2.22. The molecule has 0 radical (unpaired) electrons. The largest absolute Gasteiger partial charge is 0.468 e. The van der Waals surface area contributed by atoms with Crippen molar-refractivity contribution in [1.29, 1.82) is 0 Å². The van der Waals surface area contributed by atoms with Crippen LogP contribution in [0.1, 0.15) is 20.7 Å². The number of methoxy groups -OCH3 is 2. The highest BCUT2D eigenvalue weighted by Gasteiger charge is 2.17. The molecule has 172 valence electrons. The van der Waals surface area contributed by atoms with Crippen LogP contribution in [-0.4, -0.2) is 36.6 Å². The van der Waals surface area contributed by atoms with Gasteiger partial charge in [0.1, 0.15) is 18.0 Å². The Morgan fingerprint density at radius 1 is 0.912 bits per heavy atom. The molecular formula is C25H20N2O6S. The number of carbonyl (C=O) groups excluding carboxylic acids is 3. The van der Waals surface area contributed by atoms with E-state index in [2.05, 4.69) is 4.99 Å². The minimum atomic E-state index is -0.537. The third-order valence-electron chi connectivity index (χ3n) is 4.90. The van der Waals surface area contributed by atoms with E-state index in [0.29, 0.717) is 27.3 Å². The first-order chi connectivity index (χ1) is 16.5. The number of nitrogens with zero attached hydrogens (tertiary/aromatic N) is 2. The van der Waals surface area contributed by atoms with Crippen LogP contribution in [0.15, 0.2) is 77.8 Å². The first-order valence-corrected chi connectivity index (χ1v) is 11.0. The van der Waals surface area contributed by atoms with Crippen LogP contribution in [0.2, 0.25) is 0 Å². The van der Waals surface area contributed by atoms with Crippen molar-refractivity contribution in [3.63, 3.8) is 0 Å². The van der Waals surface area contributed by atoms with E-state index in [-0.39, 0.29) is 16.9 Å². The second kappa shape index (κ2) is 10.1. The Labute approximate surface area is 198 Å². The van der Waals surface area contributed by atoms with Gasteiger partial charge in [-0.3, -0.25) is 9.59 Å². The van der Waals surface area contributed by atoms with Crippen LogP contribution in [0, 0.1) is 0 Å². The summed E-state index contributed by atoms with van der Waals surface area (Å²) in [6.07, 6.45) is 0. The highest BCUT2D eigenvalue weighted by Crippen LogP contribution is 2.26. The standard InChI is InChI=1S/C25H20N2O6S/c1-31-22(28)15-27-19-13-12-16(24(30)32-2)14-21(19)34-25(27)26-23(29)18-10-6-7-11-20(18)33-17-8-4-3-5-9-17/h3-14H,15H2,1-2H3. The van der Waals surface area contributed by atoms with Crippen LogP contribution in [0.5, 0.6) is 11.5 Å². The number of hydrogen-bond acceptors (Lipinski definition) is 7. The topological polar surface area (TPSA) is 96.2 Å². The molecule has 8 nitrogen and oxygen atoms in total. The highest BCUT2D eigenvalue weighted by molar-refractivity contribution is 7.16. The van der Waals surface area contributed by atoms with Gasteiger partial charge in [0.25, 0.3) is 5.91 Å². The molecule has 34 heavy (non-hydrogen) atoms. The zero-order valence-electron chi connectivity index (χ0n) is 18.4. The van der Waals surface area contributed by atoms with Crippen molar-refractivity contribution < 1.29 is 28.6 Å². The number of esters is 2. The minimum Gasteiger partial charge on any atom is -0.468 e. The lowest BCUT2D eigenvalue weighted by atomic mass is 10.2. The fraction of sp³-hybridized carbons (Fsp3) is 0.120. The molecule has 3 aromatic carbocycles. The number of carbonyl (C=O) groups is 3. The molecule has 0 bridgehead atoms. The summed E-state index contributed by atoms with van der Waals surface area (Å²) in [6, 6.07) is 20.8. The van der Waals surface area contributed by atoms with Crippen LogP contribution >= 0.6 is 11.3 Å². The van der Waals surface area contributed by atoms with Crippen LogP contribution < -0.4 is 9.54 Å². The monoisotopic (exact) mass is 476 g/mol. The van der Waals surface area contributed by atoms with E-state index in [1.54, 1.807) is 59.2 Å². The van der Waals surface area contributed by atoms with Gasteiger partial charge in [0.2, 0.25) is 0 Å². The fourth-order valence-corrected chi connectivity index (χ4v) is 4.31. The van der Waals surface area contributed by atoms with Gasteiger partial charge >= 0.3 is 11.9 Å². The Bertz CT molecular complexity index is 1440. The van der Waals surface area contributed by atoms with Gasteiger partial charge in [-0.15, -0.1) is 0 Å². The average molecular weight is 477 g/mol. The molecule has 0 saturated heterocycles. The first-order valence-electron chi connectivity index (χ1n) is 10.2. The van der Waals surface area contributed by atoms with Crippen molar-refractivity contribution in [2.75, 3.05) is 14.2 Å². The number of fused-ring (bicyclic) bond motifs is 1. The maximum Gasteiger partial charge on any atom is 0.337 e. The molecule has 0 aliphatic carbocycles. The van der Waals surface area contributed by atoms with Crippen LogP contribution in [-0.2, 0) is 20.8 Å². The molecule has 0 aliphatic heterocycles. The van der Waals surface area contributed by atoms with E-state index in [0.717, 1.165) is 0 Å². The molecule has 0 unspecified atom stereocenters. The molecular weight excluding hydrogens is 456 g/mol. The molecule has 9 heteroatoms. The fourth-order valence-electron chi connectivity index (χ4n) is 3.24. The summed E-state index contributed by atoms with van der Waals surface area (Å²) in [4.78, 5) is 41.7. The molecule has 1 heterocycles. The number of benzene rings is 3. The zero-order valence-corrected chi connectivity index (χ0v) is 19.2. The summed E-state index contributed by atoms with van der Waals surface area (Å²) in [6.45, 7) is -0.150. The quantitative estimate of drug-likeness (QED) is 0.387. The van der Waals surface area contributed by atoms with E-state index < -0.39 is 17.8 Å². The lowest BCUT2D eigenvalue weighted by molar-refractivity contribution is -0.141. The lowest BCUT2D eigenvalue weighted by Gasteiger charge is -2.08. The van der Waals surface area contributed by atoms with Crippen LogP contribution in [0.3, 0.4) is 0 Å². The first kappa shape index (κ1) is 22.9. The number of amides is 1. The molecule has 0 atom stereocenters. The molecule has 4 aromatic rings. The smallest absolute Gasteiger partial charge is 0.337 e. The molecule has 4 rings (SSSR count). The van der Waals surface area contributed by atoms with Crippen LogP contribution in [0.25, 0.3) is 10.2 Å². The van der Waals surface area contributed by atoms with Gasteiger partial charge in [-0.05, 0) is 42.5 Å². The summed E-state index contributed by atoms with van der Waals surface area (Å²) in [5.74, 6) is -0.587. The van der Waals surface area contributed by atoms with Gasteiger partial charge in [0.05, 0.1) is 35.6 Å². The van der Waals surface area contributed by atoms with Gasteiger partial charge < -0.3 is 18.8 Å². The summed E-state index contributed by atoms with van der Waals surface area (Å²) < 4.78 is 17.7. The van der Waals surface area contributed by atoms with Crippen molar-refractivity contribution in [1.82, 2.24) is 4.57 Å². The summed E-state index contributed by atoms with van der Waals surface area (Å²) >= 11 is 1.17. The zero-order chi connectivity index (χ0) is 24.1. The third-order valence-corrected chi connectivity index (χ3v) is 5.95. The molecule has 0 N–H and O–H groups in total. The minimum absolute atomic E-state index is 0.150. The summed E-state index contributed by atoms with van der Waals surface area (Å²) in [5.41, 5.74) is 1.24. The van der Waals surface area contributed by atoms with Crippen molar-refractivity contribution >= 4 is 39.4 Å².